The van der Waals surface area contributed by atoms with Crippen molar-refractivity contribution in [1.29, 1.82) is 0 Å². The molecule has 200 valence electrons. The van der Waals surface area contributed by atoms with Crippen LogP contribution in [0, 0.1) is 0 Å². The molecule has 35 heavy (non-hydrogen) atoms. The smallest absolute Gasteiger partial charge is 0.366 e. The van der Waals surface area contributed by atoms with Gasteiger partial charge < -0.3 is 38.8 Å². The minimum atomic E-state index is -2.63. The zero-order chi connectivity index (χ0) is 27.3. The molecule has 5 atom stereocenters. The van der Waals surface area contributed by atoms with Crippen molar-refractivity contribution in [2.75, 3.05) is 20.3 Å². The van der Waals surface area contributed by atoms with Crippen LogP contribution in [0.25, 0.3) is 0 Å². The summed E-state index contributed by atoms with van der Waals surface area (Å²) in [5.41, 5.74) is 0. The molecule has 0 aromatic carbocycles. The van der Waals surface area contributed by atoms with Crippen molar-refractivity contribution >= 4 is 35.8 Å². The maximum Gasteiger partial charge on any atom is 0.366 e. The molecule has 0 aliphatic heterocycles. The van der Waals surface area contributed by atoms with Crippen molar-refractivity contribution in [2.45, 2.75) is 78.1 Å². The Kier molecular flexibility index (Phi) is 13.5. The van der Waals surface area contributed by atoms with E-state index in [1.165, 1.54) is 6.92 Å². The van der Waals surface area contributed by atoms with Crippen molar-refractivity contribution in [2.24, 2.45) is 0 Å². The van der Waals surface area contributed by atoms with Crippen LogP contribution in [0.2, 0.25) is 0 Å². The molecule has 0 aromatic rings. The van der Waals surface area contributed by atoms with Crippen LogP contribution in [-0.2, 0) is 57.2 Å². The van der Waals surface area contributed by atoms with Crippen LogP contribution in [0.15, 0.2) is 0 Å². The lowest BCUT2D eigenvalue weighted by Crippen LogP contribution is -2.61. The molecule has 14 nitrogen and oxygen atoms in total. The number of aliphatic hydroxyl groups is 1. The first-order valence-corrected chi connectivity index (χ1v) is 10.5. The molecule has 0 heterocycles. The summed E-state index contributed by atoms with van der Waals surface area (Å²) < 4.78 is 30.6. The Morgan fingerprint density at radius 1 is 0.800 bits per heavy atom. The van der Waals surface area contributed by atoms with Crippen molar-refractivity contribution in [3.63, 3.8) is 0 Å². The maximum absolute atomic E-state index is 12.3. The van der Waals surface area contributed by atoms with Crippen molar-refractivity contribution < 1.29 is 62.3 Å². The number of methoxy groups -OCH3 is 1. The molecule has 2 unspecified atom stereocenters. The van der Waals surface area contributed by atoms with E-state index < -0.39 is 79.1 Å². The summed E-state index contributed by atoms with van der Waals surface area (Å²) in [4.78, 5) is 70.8. The molecule has 0 aliphatic rings. The number of hydrogen-bond donors (Lipinski definition) is 2. The van der Waals surface area contributed by atoms with Gasteiger partial charge in [-0.25, -0.2) is 4.79 Å². The SMILES string of the molecule is CC[C@](O)(OC(C(COC(C)=O)NC(C)=O)[C@H](OC(C)=O)[C@@H](COC(C)=O)OC(C)=O)C(=O)OC. The van der Waals surface area contributed by atoms with Crippen LogP contribution in [0.4, 0.5) is 0 Å². The van der Waals surface area contributed by atoms with E-state index in [-0.39, 0.29) is 6.42 Å². The second kappa shape index (κ2) is 14.9. The molecular formula is C21H33NO13. The fourth-order valence-electron chi connectivity index (χ4n) is 2.88. The first kappa shape index (κ1) is 31.7. The summed E-state index contributed by atoms with van der Waals surface area (Å²) in [6, 6.07) is -1.36. The summed E-state index contributed by atoms with van der Waals surface area (Å²) in [6.07, 6.45) is -5.29. The number of carbonyl (C=O) groups is 6. The van der Waals surface area contributed by atoms with Gasteiger partial charge in [-0.05, 0) is 0 Å². The van der Waals surface area contributed by atoms with Gasteiger partial charge in [-0.1, -0.05) is 6.92 Å². The first-order valence-electron chi connectivity index (χ1n) is 10.5. The molecule has 0 saturated heterocycles. The number of esters is 5. The van der Waals surface area contributed by atoms with Gasteiger partial charge in [-0.2, -0.15) is 0 Å². The standard InChI is InChI=1S/C21H33NO13/c1-8-21(29,20(28)30-7)35-18(16(22-11(2)23)9-31-12(3)24)19(34-15(6)27)17(33-14(5)26)10-32-13(4)25/h16-19,29H,8-10H2,1-7H3,(H,22,23)/t16?,17-,18?,19-,21+/m1/s1. The molecule has 14 heteroatoms. The predicted molar refractivity (Wildman–Crippen MR) is 114 cm³/mol. The minimum absolute atomic E-state index is 0.370. The first-order chi connectivity index (χ1) is 16.2. The number of carbonyl (C=O) groups excluding carboxylic acids is 6. The lowest BCUT2D eigenvalue weighted by Gasteiger charge is -2.39. The van der Waals surface area contributed by atoms with Crippen molar-refractivity contribution in [3.8, 4) is 0 Å². The van der Waals surface area contributed by atoms with Crippen molar-refractivity contribution in [3.05, 3.63) is 0 Å². The third-order valence-corrected chi connectivity index (χ3v) is 4.33. The lowest BCUT2D eigenvalue weighted by molar-refractivity contribution is -0.268. The monoisotopic (exact) mass is 507 g/mol. The topological polar surface area (TPSA) is 190 Å². The van der Waals surface area contributed by atoms with Gasteiger partial charge in [0.2, 0.25) is 5.91 Å². The summed E-state index contributed by atoms with van der Waals surface area (Å²) >= 11 is 0. The fraction of sp³-hybridized carbons (Fsp3) is 0.714. The van der Waals surface area contributed by atoms with E-state index in [0.29, 0.717) is 0 Å². The molecular weight excluding hydrogens is 474 g/mol. The van der Waals surface area contributed by atoms with Crippen LogP contribution >= 0.6 is 0 Å². The summed E-state index contributed by atoms with van der Waals surface area (Å²) in [5.74, 6) is -7.82. The Labute approximate surface area is 202 Å². The second-order valence-corrected chi connectivity index (χ2v) is 7.35. The average Bonchev–Trinajstić information content (AvgIpc) is 2.74. The molecule has 0 aromatic heterocycles. The molecule has 0 aliphatic carbocycles. The predicted octanol–water partition coefficient (Wildman–Crippen LogP) is -0.862. The van der Waals surface area contributed by atoms with E-state index in [9.17, 15) is 33.9 Å². The van der Waals surface area contributed by atoms with E-state index in [0.717, 1.165) is 41.7 Å². The van der Waals surface area contributed by atoms with Crippen LogP contribution in [0.5, 0.6) is 0 Å². The Hall–Kier alpha value is -3.26. The fourth-order valence-corrected chi connectivity index (χ4v) is 2.88. The van der Waals surface area contributed by atoms with Gasteiger partial charge in [0.05, 0.1) is 13.2 Å². The molecule has 0 rings (SSSR count). The summed E-state index contributed by atoms with van der Waals surface area (Å²) in [5, 5.41) is 13.3. The van der Waals surface area contributed by atoms with E-state index >= 15 is 0 Å². The van der Waals surface area contributed by atoms with Gasteiger partial charge in [-0.3, -0.25) is 24.0 Å². The summed E-state index contributed by atoms with van der Waals surface area (Å²) in [7, 11) is 0.984. The average molecular weight is 507 g/mol. The van der Waals surface area contributed by atoms with E-state index in [2.05, 4.69) is 10.1 Å². The second-order valence-electron chi connectivity index (χ2n) is 7.35. The molecule has 0 bridgehead atoms. The van der Waals surface area contributed by atoms with Crippen LogP contribution in [0.3, 0.4) is 0 Å². The third kappa shape index (κ3) is 11.6. The Balaban J connectivity index is 6.79. The highest BCUT2D eigenvalue weighted by atomic mass is 16.7. The molecule has 0 saturated carbocycles. The van der Waals surface area contributed by atoms with Gasteiger partial charge in [0.1, 0.15) is 19.3 Å². The summed E-state index contributed by atoms with van der Waals surface area (Å²) in [6.45, 7) is 5.49. The van der Waals surface area contributed by atoms with Gasteiger partial charge in [0, 0.05) is 41.0 Å². The lowest BCUT2D eigenvalue weighted by atomic mass is 9.99. The van der Waals surface area contributed by atoms with Crippen LogP contribution in [0.1, 0.15) is 48.0 Å². The zero-order valence-corrected chi connectivity index (χ0v) is 20.8. The molecule has 2 N–H and O–H groups in total. The third-order valence-electron chi connectivity index (χ3n) is 4.33. The normalized spacial score (nSPS) is 15.8. The number of rotatable bonds is 14. The Morgan fingerprint density at radius 2 is 1.31 bits per heavy atom. The zero-order valence-electron chi connectivity index (χ0n) is 20.8. The highest BCUT2D eigenvalue weighted by Gasteiger charge is 2.48. The van der Waals surface area contributed by atoms with Gasteiger partial charge in [0.25, 0.3) is 5.79 Å². The molecule has 0 fully saturated rings. The largest absolute Gasteiger partial charge is 0.465 e. The highest BCUT2D eigenvalue weighted by Crippen LogP contribution is 2.25. The Morgan fingerprint density at radius 3 is 1.71 bits per heavy atom. The number of nitrogens with one attached hydrogen (secondary N) is 1. The van der Waals surface area contributed by atoms with Gasteiger partial charge in [-0.15, -0.1) is 0 Å². The van der Waals surface area contributed by atoms with Crippen LogP contribution in [-0.4, -0.2) is 91.3 Å². The van der Waals surface area contributed by atoms with Crippen LogP contribution < -0.4 is 5.32 Å². The number of amides is 1. The highest BCUT2D eigenvalue weighted by molar-refractivity contribution is 5.77. The Bertz CT molecular complexity index is 783. The molecule has 1 amide bonds. The van der Waals surface area contributed by atoms with Gasteiger partial charge in [0.15, 0.2) is 12.2 Å². The number of hydrogen-bond acceptors (Lipinski definition) is 13. The van der Waals surface area contributed by atoms with E-state index in [4.69, 9.17) is 23.7 Å². The van der Waals surface area contributed by atoms with E-state index in [1.807, 2.05) is 0 Å². The van der Waals surface area contributed by atoms with Gasteiger partial charge >= 0.3 is 29.8 Å². The van der Waals surface area contributed by atoms with E-state index in [1.54, 1.807) is 0 Å². The molecule has 0 radical (unpaired) electrons. The maximum atomic E-state index is 12.3. The minimum Gasteiger partial charge on any atom is -0.465 e. The quantitative estimate of drug-likeness (QED) is 0.168. The number of ether oxygens (including phenoxy) is 6. The molecule has 0 spiro atoms. The van der Waals surface area contributed by atoms with Crippen molar-refractivity contribution in [1.82, 2.24) is 5.32 Å².